The first kappa shape index (κ1) is 13.5. The van der Waals surface area contributed by atoms with Crippen LogP contribution in [0.1, 0.15) is 11.5 Å². The SMILES string of the molecule is COC(=O)C(C#N)c1c([N+](=O)[O-])ccc(F)c1F. The van der Waals surface area contributed by atoms with E-state index in [1.165, 1.54) is 6.07 Å². The minimum Gasteiger partial charge on any atom is -0.468 e. The van der Waals surface area contributed by atoms with Crippen molar-refractivity contribution in [2.75, 3.05) is 7.11 Å². The predicted octanol–water partition coefficient (Wildman–Crippen LogP) is 1.65. The lowest BCUT2D eigenvalue weighted by molar-refractivity contribution is -0.385. The smallest absolute Gasteiger partial charge is 0.328 e. The Morgan fingerprint density at radius 2 is 2.17 bits per heavy atom. The zero-order chi connectivity index (χ0) is 13.9. The molecule has 6 nitrogen and oxygen atoms in total. The summed E-state index contributed by atoms with van der Waals surface area (Å²) in [4.78, 5) is 20.9. The number of carbonyl (C=O) groups is 1. The van der Waals surface area contributed by atoms with Gasteiger partial charge in [-0.05, 0) is 6.07 Å². The van der Waals surface area contributed by atoms with E-state index in [4.69, 9.17) is 5.26 Å². The van der Waals surface area contributed by atoms with Crippen LogP contribution in [0.25, 0.3) is 0 Å². The summed E-state index contributed by atoms with van der Waals surface area (Å²) < 4.78 is 30.8. The number of halogens is 2. The molecule has 0 aliphatic heterocycles. The molecule has 1 aromatic rings. The number of nitrogens with zero attached hydrogens (tertiary/aromatic N) is 2. The van der Waals surface area contributed by atoms with Crippen LogP contribution in [-0.2, 0) is 9.53 Å². The summed E-state index contributed by atoms with van der Waals surface area (Å²) in [5.74, 6) is -6.10. The first-order valence-corrected chi connectivity index (χ1v) is 4.53. The van der Waals surface area contributed by atoms with E-state index in [-0.39, 0.29) is 0 Å². The Kier molecular flexibility index (Phi) is 3.89. The molecular weight excluding hydrogens is 250 g/mol. The van der Waals surface area contributed by atoms with Gasteiger partial charge in [0.25, 0.3) is 5.69 Å². The summed E-state index contributed by atoms with van der Waals surface area (Å²) in [5.41, 5.74) is -1.79. The van der Waals surface area contributed by atoms with Crippen molar-refractivity contribution in [3.05, 3.63) is 39.4 Å². The van der Waals surface area contributed by atoms with Crippen LogP contribution in [0.4, 0.5) is 14.5 Å². The van der Waals surface area contributed by atoms with Crippen molar-refractivity contribution in [1.82, 2.24) is 0 Å². The lowest BCUT2D eigenvalue weighted by atomic mass is 9.98. The van der Waals surface area contributed by atoms with Gasteiger partial charge in [0.05, 0.1) is 23.7 Å². The Morgan fingerprint density at radius 3 is 2.61 bits per heavy atom. The number of nitriles is 1. The van der Waals surface area contributed by atoms with Crippen LogP contribution in [0, 0.1) is 33.1 Å². The summed E-state index contributed by atoms with van der Waals surface area (Å²) in [7, 11) is 0.926. The first-order chi connectivity index (χ1) is 8.43. The Labute approximate surface area is 99.5 Å². The van der Waals surface area contributed by atoms with E-state index < -0.39 is 39.7 Å². The Bertz CT molecular complexity index is 554. The van der Waals surface area contributed by atoms with Crippen LogP contribution in [-0.4, -0.2) is 18.0 Å². The molecular formula is C10H6F2N2O4. The van der Waals surface area contributed by atoms with Crippen LogP contribution in [0.5, 0.6) is 0 Å². The molecule has 94 valence electrons. The minimum absolute atomic E-state index is 0.544. The van der Waals surface area contributed by atoms with E-state index in [0.717, 1.165) is 7.11 Å². The summed E-state index contributed by atoms with van der Waals surface area (Å²) >= 11 is 0. The van der Waals surface area contributed by atoms with Gasteiger partial charge < -0.3 is 4.74 Å². The van der Waals surface area contributed by atoms with Crippen molar-refractivity contribution in [2.45, 2.75) is 5.92 Å². The summed E-state index contributed by atoms with van der Waals surface area (Å²) in [5, 5.41) is 19.4. The minimum atomic E-state index is -1.90. The largest absolute Gasteiger partial charge is 0.468 e. The van der Waals surface area contributed by atoms with Gasteiger partial charge in [0, 0.05) is 6.07 Å². The molecule has 1 unspecified atom stereocenters. The molecule has 0 saturated carbocycles. The van der Waals surface area contributed by atoms with Gasteiger partial charge in [0.1, 0.15) is 0 Å². The Hall–Kier alpha value is -2.56. The van der Waals surface area contributed by atoms with E-state index in [0.29, 0.717) is 12.1 Å². The van der Waals surface area contributed by atoms with Crippen molar-refractivity contribution in [2.24, 2.45) is 0 Å². The lowest BCUT2D eigenvalue weighted by Crippen LogP contribution is -2.16. The highest BCUT2D eigenvalue weighted by molar-refractivity contribution is 5.82. The number of hydrogen-bond donors (Lipinski definition) is 0. The molecule has 0 aliphatic carbocycles. The molecule has 1 rings (SSSR count). The van der Waals surface area contributed by atoms with Crippen molar-refractivity contribution in [3.8, 4) is 6.07 Å². The van der Waals surface area contributed by atoms with Gasteiger partial charge in [-0.15, -0.1) is 0 Å². The summed E-state index contributed by atoms with van der Waals surface area (Å²) in [6, 6.07) is 2.57. The van der Waals surface area contributed by atoms with Crippen molar-refractivity contribution < 1.29 is 23.2 Å². The summed E-state index contributed by atoms with van der Waals surface area (Å²) in [6.07, 6.45) is 0. The Balaban J connectivity index is 3.55. The topological polar surface area (TPSA) is 93.2 Å². The summed E-state index contributed by atoms with van der Waals surface area (Å²) in [6.45, 7) is 0. The number of hydrogen-bond acceptors (Lipinski definition) is 5. The van der Waals surface area contributed by atoms with E-state index >= 15 is 0 Å². The molecule has 0 radical (unpaired) electrons. The number of benzene rings is 1. The van der Waals surface area contributed by atoms with Crippen LogP contribution < -0.4 is 0 Å². The molecule has 0 fully saturated rings. The van der Waals surface area contributed by atoms with Crippen LogP contribution in [0.2, 0.25) is 0 Å². The highest BCUT2D eigenvalue weighted by atomic mass is 19.2. The average Bonchev–Trinajstić information content (AvgIpc) is 2.34. The second-order valence-electron chi connectivity index (χ2n) is 3.14. The maximum absolute atomic E-state index is 13.5. The molecule has 0 heterocycles. The predicted molar refractivity (Wildman–Crippen MR) is 53.4 cm³/mol. The molecule has 0 N–H and O–H groups in total. The van der Waals surface area contributed by atoms with Gasteiger partial charge in [0.2, 0.25) is 0 Å². The molecule has 0 aromatic heterocycles. The number of carbonyl (C=O) groups excluding carboxylic acids is 1. The van der Waals surface area contributed by atoms with Gasteiger partial charge in [-0.1, -0.05) is 0 Å². The molecule has 0 aliphatic rings. The van der Waals surface area contributed by atoms with Crippen LogP contribution >= 0.6 is 0 Å². The zero-order valence-electron chi connectivity index (χ0n) is 9.02. The molecule has 1 aromatic carbocycles. The van der Waals surface area contributed by atoms with E-state index in [1.807, 2.05) is 0 Å². The molecule has 0 saturated heterocycles. The van der Waals surface area contributed by atoms with Gasteiger partial charge in [-0.2, -0.15) is 5.26 Å². The van der Waals surface area contributed by atoms with Gasteiger partial charge >= 0.3 is 5.97 Å². The van der Waals surface area contributed by atoms with Crippen LogP contribution in [0.15, 0.2) is 12.1 Å². The average molecular weight is 256 g/mol. The lowest BCUT2D eigenvalue weighted by Gasteiger charge is -2.09. The fourth-order valence-corrected chi connectivity index (χ4v) is 1.34. The van der Waals surface area contributed by atoms with Gasteiger partial charge in [0.15, 0.2) is 17.6 Å². The van der Waals surface area contributed by atoms with Gasteiger partial charge in [-0.25, -0.2) is 8.78 Å². The second-order valence-corrected chi connectivity index (χ2v) is 3.14. The fraction of sp³-hybridized carbons (Fsp3) is 0.200. The number of nitro groups is 1. The molecule has 1 atom stereocenters. The van der Waals surface area contributed by atoms with E-state index in [2.05, 4.69) is 4.74 Å². The number of rotatable bonds is 3. The van der Waals surface area contributed by atoms with Crippen LogP contribution in [0.3, 0.4) is 0 Å². The quantitative estimate of drug-likeness (QED) is 0.465. The maximum atomic E-state index is 13.5. The highest BCUT2D eigenvalue weighted by Gasteiger charge is 2.33. The molecule has 8 heteroatoms. The van der Waals surface area contributed by atoms with E-state index in [9.17, 15) is 23.7 Å². The Morgan fingerprint density at radius 1 is 1.56 bits per heavy atom. The zero-order valence-corrected chi connectivity index (χ0v) is 9.02. The number of esters is 1. The van der Waals surface area contributed by atoms with Crippen molar-refractivity contribution in [3.63, 3.8) is 0 Å². The van der Waals surface area contributed by atoms with E-state index in [1.54, 1.807) is 0 Å². The number of ether oxygens (including phenoxy) is 1. The molecule has 0 amide bonds. The standard InChI is InChI=1S/C10H6F2N2O4/c1-18-10(15)5(4-13)8-7(14(16)17)3-2-6(11)9(8)12/h2-3,5H,1H3. The molecule has 0 bridgehead atoms. The van der Waals surface area contributed by atoms with Gasteiger partial charge in [-0.3, -0.25) is 14.9 Å². The first-order valence-electron chi connectivity index (χ1n) is 4.53. The highest BCUT2D eigenvalue weighted by Crippen LogP contribution is 2.31. The monoisotopic (exact) mass is 256 g/mol. The number of nitro benzene ring substituents is 1. The second kappa shape index (κ2) is 5.18. The third kappa shape index (κ3) is 2.24. The molecule has 18 heavy (non-hydrogen) atoms. The van der Waals surface area contributed by atoms with Crippen molar-refractivity contribution >= 4 is 11.7 Å². The van der Waals surface area contributed by atoms with Crippen molar-refractivity contribution in [1.29, 1.82) is 5.26 Å². The fourth-order valence-electron chi connectivity index (χ4n) is 1.34. The third-order valence-electron chi connectivity index (χ3n) is 2.16. The maximum Gasteiger partial charge on any atom is 0.328 e. The molecule has 0 spiro atoms. The third-order valence-corrected chi connectivity index (χ3v) is 2.16. The normalized spacial score (nSPS) is 11.4. The number of methoxy groups -OCH3 is 1.